The molecule has 0 spiro atoms. The molecule has 0 amide bonds. The minimum absolute atomic E-state index is 0.503. The zero-order valence-electron chi connectivity index (χ0n) is 11.8. The highest BCUT2D eigenvalue weighted by atomic mass is 15.4. The first-order valence-corrected chi connectivity index (χ1v) is 6.57. The Balaban J connectivity index is 2.42. The van der Waals surface area contributed by atoms with E-state index in [1.54, 1.807) is 6.07 Å². The first-order valence-electron chi connectivity index (χ1n) is 6.57. The average Bonchev–Trinajstić information content (AvgIpc) is 2.82. The molecular weight excluding hydrogens is 260 g/mol. The maximum absolute atomic E-state index is 9.44. The Morgan fingerprint density at radius 2 is 1.86 bits per heavy atom. The Kier molecular flexibility index (Phi) is 2.93. The van der Waals surface area contributed by atoms with E-state index in [1.165, 1.54) is 0 Å². The molecule has 1 aromatic heterocycles. The number of nitrogens with zero attached hydrogens (tertiary/aromatic N) is 4. The predicted octanol–water partition coefficient (Wildman–Crippen LogP) is 2.51. The summed E-state index contributed by atoms with van der Waals surface area (Å²) >= 11 is 0. The van der Waals surface area contributed by atoms with Crippen LogP contribution in [0, 0.1) is 29.6 Å². The van der Waals surface area contributed by atoms with Gasteiger partial charge in [-0.1, -0.05) is 12.1 Å². The van der Waals surface area contributed by atoms with Gasteiger partial charge in [0.15, 0.2) is 7.05 Å². The number of aromatic nitrogens is 2. The molecule has 1 heterocycles. The van der Waals surface area contributed by atoms with Gasteiger partial charge < -0.3 is 0 Å². The molecule has 0 N–H and O–H groups in total. The highest BCUT2D eigenvalue weighted by Gasteiger charge is 2.19. The first-order chi connectivity index (χ1) is 10.2. The van der Waals surface area contributed by atoms with Crippen molar-refractivity contribution in [3.63, 3.8) is 0 Å². The summed E-state index contributed by atoms with van der Waals surface area (Å²) in [5, 5.41) is 19.6. The van der Waals surface area contributed by atoms with Crippen molar-refractivity contribution >= 4 is 10.9 Å². The lowest BCUT2D eigenvalue weighted by molar-refractivity contribution is -0.741. The molecule has 0 aliphatic rings. The van der Waals surface area contributed by atoms with Crippen LogP contribution in [-0.4, -0.2) is 4.68 Å². The fourth-order valence-electron chi connectivity index (χ4n) is 2.71. The molecule has 0 atom stereocenters. The molecule has 0 fully saturated rings. The van der Waals surface area contributed by atoms with Crippen molar-refractivity contribution < 1.29 is 4.68 Å². The van der Waals surface area contributed by atoms with Crippen LogP contribution >= 0.6 is 0 Å². The van der Waals surface area contributed by atoms with Crippen LogP contribution in [0.5, 0.6) is 0 Å². The Hall–Kier alpha value is -3.11. The van der Waals surface area contributed by atoms with Crippen LogP contribution in [0.4, 0.5) is 0 Å². The van der Waals surface area contributed by atoms with E-state index < -0.39 is 0 Å². The van der Waals surface area contributed by atoms with Gasteiger partial charge in [-0.05, 0) is 36.8 Å². The van der Waals surface area contributed by atoms with E-state index in [9.17, 15) is 5.26 Å². The Morgan fingerprint density at radius 1 is 1.10 bits per heavy atom. The lowest BCUT2D eigenvalue weighted by atomic mass is 10.0. The van der Waals surface area contributed by atoms with Gasteiger partial charge >= 0.3 is 0 Å². The standard InChI is InChI=1S/C17H13N4/c1-12-7-13(9-18)8-15(10-19)17(12)21-16-6-4-3-5-14(16)11-20(21)2/h3-8,11H,1-2H3/q+1. The predicted molar refractivity (Wildman–Crippen MR) is 78.6 cm³/mol. The van der Waals surface area contributed by atoms with Crippen molar-refractivity contribution in [2.24, 2.45) is 7.05 Å². The molecule has 4 nitrogen and oxygen atoms in total. The van der Waals surface area contributed by atoms with Crippen molar-refractivity contribution in [2.45, 2.75) is 6.92 Å². The van der Waals surface area contributed by atoms with Gasteiger partial charge in [0.05, 0.1) is 22.6 Å². The van der Waals surface area contributed by atoms with Gasteiger partial charge in [-0.15, -0.1) is 9.36 Å². The maximum atomic E-state index is 9.44. The third-order valence-electron chi connectivity index (χ3n) is 3.57. The summed E-state index contributed by atoms with van der Waals surface area (Å²) in [5.41, 5.74) is 3.77. The second kappa shape index (κ2) is 4.77. The van der Waals surface area contributed by atoms with E-state index in [0.29, 0.717) is 11.1 Å². The van der Waals surface area contributed by atoms with Crippen LogP contribution in [-0.2, 0) is 7.05 Å². The molecule has 0 aliphatic heterocycles. The van der Waals surface area contributed by atoms with Gasteiger partial charge in [0.1, 0.15) is 17.3 Å². The summed E-state index contributed by atoms with van der Waals surface area (Å²) in [6, 6.07) is 15.8. The van der Waals surface area contributed by atoms with Gasteiger partial charge in [0.25, 0.3) is 0 Å². The number of rotatable bonds is 1. The minimum Gasteiger partial charge on any atom is -0.192 e. The maximum Gasteiger partial charge on any atom is 0.203 e. The lowest BCUT2D eigenvalue weighted by Gasteiger charge is -2.08. The Morgan fingerprint density at radius 3 is 2.57 bits per heavy atom. The Labute approximate surface area is 122 Å². The fraction of sp³-hybridized carbons (Fsp3) is 0.118. The van der Waals surface area contributed by atoms with Gasteiger partial charge in [0, 0.05) is 0 Å². The molecule has 0 saturated carbocycles. The summed E-state index contributed by atoms with van der Waals surface area (Å²) < 4.78 is 3.96. The normalized spacial score (nSPS) is 10.3. The van der Waals surface area contributed by atoms with Crippen molar-refractivity contribution in [3.8, 4) is 17.8 Å². The quantitative estimate of drug-likeness (QED) is 0.640. The number of benzene rings is 2. The molecule has 2 aromatic carbocycles. The van der Waals surface area contributed by atoms with Crippen LogP contribution in [0.1, 0.15) is 16.7 Å². The topological polar surface area (TPSA) is 56.4 Å². The second-order valence-corrected chi connectivity index (χ2v) is 4.99. The van der Waals surface area contributed by atoms with Crippen molar-refractivity contribution in [1.29, 1.82) is 10.5 Å². The third-order valence-corrected chi connectivity index (χ3v) is 3.57. The molecule has 4 heteroatoms. The zero-order valence-corrected chi connectivity index (χ0v) is 11.8. The van der Waals surface area contributed by atoms with Crippen molar-refractivity contribution in [3.05, 3.63) is 59.3 Å². The number of fused-ring (bicyclic) bond motifs is 1. The molecule has 100 valence electrons. The smallest absolute Gasteiger partial charge is 0.192 e. The van der Waals surface area contributed by atoms with E-state index >= 15 is 0 Å². The van der Waals surface area contributed by atoms with Gasteiger partial charge in [-0.2, -0.15) is 10.5 Å². The molecule has 0 saturated heterocycles. The van der Waals surface area contributed by atoms with Crippen LogP contribution in [0.2, 0.25) is 0 Å². The van der Waals surface area contributed by atoms with Gasteiger partial charge in [-0.25, -0.2) is 0 Å². The molecular formula is C17H13N4+. The number of nitriles is 2. The second-order valence-electron chi connectivity index (χ2n) is 4.99. The fourth-order valence-corrected chi connectivity index (χ4v) is 2.71. The van der Waals surface area contributed by atoms with E-state index in [0.717, 1.165) is 22.2 Å². The lowest BCUT2D eigenvalue weighted by Crippen LogP contribution is -2.37. The van der Waals surface area contributed by atoms with Crippen LogP contribution in [0.25, 0.3) is 16.6 Å². The molecule has 0 bridgehead atoms. The number of aryl methyl sites for hydroxylation is 2. The monoisotopic (exact) mass is 273 g/mol. The van der Waals surface area contributed by atoms with Crippen molar-refractivity contribution in [2.75, 3.05) is 0 Å². The minimum atomic E-state index is 0.503. The van der Waals surface area contributed by atoms with Gasteiger partial charge in [-0.3, -0.25) is 0 Å². The van der Waals surface area contributed by atoms with Crippen LogP contribution in [0.3, 0.4) is 0 Å². The SMILES string of the molecule is Cc1cc(C#N)cc(C#N)c1-n1c2ccccc2c[n+]1C. The van der Waals surface area contributed by atoms with Crippen LogP contribution < -0.4 is 4.68 Å². The molecule has 0 radical (unpaired) electrons. The summed E-state index contributed by atoms with van der Waals surface area (Å²) in [5.74, 6) is 0. The molecule has 21 heavy (non-hydrogen) atoms. The average molecular weight is 273 g/mol. The van der Waals surface area contributed by atoms with Crippen LogP contribution in [0.15, 0.2) is 42.6 Å². The number of para-hydroxylation sites is 1. The molecule has 0 aliphatic carbocycles. The summed E-state index contributed by atoms with van der Waals surface area (Å²) in [6.07, 6.45) is 2.02. The number of hydrogen-bond acceptors (Lipinski definition) is 2. The van der Waals surface area contributed by atoms with E-state index in [-0.39, 0.29) is 0 Å². The summed E-state index contributed by atoms with van der Waals surface area (Å²) in [4.78, 5) is 0. The molecule has 3 aromatic rings. The van der Waals surface area contributed by atoms with Crippen molar-refractivity contribution in [1.82, 2.24) is 4.68 Å². The Bertz CT molecular complexity index is 936. The highest BCUT2D eigenvalue weighted by molar-refractivity contribution is 5.80. The number of hydrogen-bond donors (Lipinski definition) is 0. The third kappa shape index (κ3) is 1.94. The largest absolute Gasteiger partial charge is 0.203 e. The zero-order chi connectivity index (χ0) is 15.0. The molecule has 3 rings (SSSR count). The van der Waals surface area contributed by atoms with E-state index in [1.807, 2.05) is 59.9 Å². The first kappa shape index (κ1) is 12.9. The van der Waals surface area contributed by atoms with E-state index in [2.05, 4.69) is 12.1 Å². The summed E-state index contributed by atoms with van der Waals surface area (Å²) in [7, 11) is 1.94. The van der Waals surface area contributed by atoms with Gasteiger partial charge in [0.2, 0.25) is 6.20 Å². The summed E-state index contributed by atoms with van der Waals surface area (Å²) in [6.45, 7) is 1.92. The molecule has 0 unspecified atom stereocenters. The van der Waals surface area contributed by atoms with E-state index in [4.69, 9.17) is 5.26 Å². The highest BCUT2D eigenvalue weighted by Crippen LogP contribution is 2.24.